The number of nitrogens with one attached hydrogen (secondary N) is 1. The van der Waals surface area contributed by atoms with Crippen LogP contribution in [0.2, 0.25) is 0 Å². The van der Waals surface area contributed by atoms with Gasteiger partial charge in [0.1, 0.15) is 6.04 Å². The van der Waals surface area contributed by atoms with Crippen molar-refractivity contribution in [2.45, 2.75) is 38.6 Å². The SMILES string of the molecule is CCCCN1CCN(C(=O)[C@@H](Nc2nc(N)n3nc(-c4ccco4)nc3n2)C2CC2)CC1. The highest BCUT2D eigenvalue weighted by molar-refractivity contribution is 5.85. The first-order chi connectivity index (χ1) is 15.6. The van der Waals surface area contributed by atoms with E-state index in [0.717, 1.165) is 45.6 Å². The number of nitrogens with zero attached hydrogens (tertiary/aromatic N) is 7. The predicted octanol–water partition coefficient (Wildman–Crippen LogP) is 1.50. The molecule has 1 aliphatic heterocycles. The van der Waals surface area contributed by atoms with Crippen molar-refractivity contribution < 1.29 is 9.21 Å². The van der Waals surface area contributed by atoms with Crippen LogP contribution in [0.5, 0.6) is 0 Å². The Balaban J connectivity index is 1.30. The zero-order chi connectivity index (χ0) is 22.1. The molecule has 3 N–H and O–H groups in total. The fourth-order valence-electron chi connectivity index (χ4n) is 4.10. The van der Waals surface area contributed by atoms with E-state index in [9.17, 15) is 4.79 Å². The second-order valence-electron chi connectivity index (χ2n) is 8.51. The second kappa shape index (κ2) is 8.73. The van der Waals surface area contributed by atoms with Crippen LogP contribution in [0.25, 0.3) is 17.4 Å². The summed E-state index contributed by atoms with van der Waals surface area (Å²) >= 11 is 0. The van der Waals surface area contributed by atoms with E-state index in [2.05, 4.69) is 37.2 Å². The number of anilines is 2. The molecule has 1 atom stereocenters. The molecule has 2 aliphatic rings. The fourth-order valence-corrected chi connectivity index (χ4v) is 4.10. The molecule has 1 amide bonds. The number of carbonyl (C=O) groups is 1. The lowest BCUT2D eigenvalue weighted by atomic mass is 10.1. The molecule has 32 heavy (non-hydrogen) atoms. The number of unbranched alkanes of at least 4 members (excludes halogenated alkanes) is 1. The van der Waals surface area contributed by atoms with Gasteiger partial charge in [0.25, 0.3) is 5.78 Å². The zero-order valence-corrected chi connectivity index (χ0v) is 18.3. The van der Waals surface area contributed by atoms with Gasteiger partial charge in [0.05, 0.1) is 6.26 Å². The Bertz CT molecular complexity index is 1070. The van der Waals surface area contributed by atoms with Crippen LogP contribution in [0.1, 0.15) is 32.6 Å². The Morgan fingerprint density at radius 1 is 1.25 bits per heavy atom. The van der Waals surface area contributed by atoms with E-state index in [0.29, 0.717) is 29.2 Å². The highest BCUT2D eigenvalue weighted by atomic mass is 16.3. The fraction of sp³-hybridized carbons (Fsp3) is 0.571. The lowest BCUT2D eigenvalue weighted by Gasteiger charge is -2.36. The predicted molar refractivity (Wildman–Crippen MR) is 119 cm³/mol. The standard InChI is InChI=1S/C21H29N9O2/c1-2-3-8-28-9-11-29(12-10-28)18(31)16(14-6-7-14)23-20-25-19(22)30-21(26-20)24-17(27-30)15-5-4-13-32-15/h4-5,13-14,16H,2-3,6-12H2,1H3,(H3,22,23,24,25,26,27)/t16-/m0/s1. The summed E-state index contributed by atoms with van der Waals surface area (Å²) < 4.78 is 6.72. The van der Waals surface area contributed by atoms with Gasteiger partial charge >= 0.3 is 0 Å². The van der Waals surface area contributed by atoms with E-state index < -0.39 is 0 Å². The zero-order valence-electron chi connectivity index (χ0n) is 18.3. The minimum atomic E-state index is -0.355. The average molecular weight is 440 g/mol. The minimum absolute atomic E-state index is 0.113. The Morgan fingerprint density at radius 3 is 2.75 bits per heavy atom. The molecule has 4 heterocycles. The van der Waals surface area contributed by atoms with E-state index >= 15 is 0 Å². The molecular weight excluding hydrogens is 410 g/mol. The largest absolute Gasteiger partial charge is 0.461 e. The third-order valence-electron chi connectivity index (χ3n) is 6.13. The maximum absolute atomic E-state index is 13.3. The van der Waals surface area contributed by atoms with Crippen LogP contribution in [0.15, 0.2) is 22.8 Å². The van der Waals surface area contributed by atoms with Crippen LogP contribution in [-0.4, -0.2) is 79.0 Å². The van der Waals surface area contributed by atoms with Gasteiger partial charge in [0.15, 0.2) is 5.76 Å². The maximum Gasteiger partial charge on any atom is 0.259 e. The molecule has 11 heteroatoms. The number of carbonyl (C=O) groups excluding carboxylic acids is 1. The van der Waals surface area contributed by atoms with Gasteiger partial charge in [-0.2, -0.15) is 19.5 Å². The third kappa shape index (κ3) is 4.24. The van der Waals surface area contributed by atoms with Gasteiger partial charge in [0, 0.05) is 26.2 Å². The average Bonchev–Trinajstić information content (AvgIpc) is 3.31. The van der Waals surface area contributed by atoms with Gasteiger partial charge in [0.2, 0.25) is 23.6 Å². The first-order valence-corrected chi connectivity index (χ1v) is 11.3. The van der Waals surface area contributed by atoms with Crippen LogP contribution in [-0.2, 0) is 4.79 Å². The lowest BCUT2D eigenvalue weighted by Crippen LogP contribution is -2.53. The molecule has 3 aromatic rings. The Morgan fingerprint density at radius 2 is 2.06 bits per heavy atom. The minimum Gasteiger partial charge on any atom is -0.461 e. The number of amides is 1. The number of aromatic nitrogens is 5. The summed E-state index contributed by atoms with van der Waals surface area (Å²) in [5.74, 6) is 2.05. The van der Waals surface area contributed by atoms with Crippen molar-refractivity contribution in [3.05, 3.63) is 18.4 Å². The van der Waals surface area contributed by atoms with Gasteiger partial charge in [-0.05, 0) is 43.9 Å². The monoisotopic (exact) mass is 439 g/mol. The quantitative estimate of drug-likeness (QED) is 0.536. The number of furan rings is 1. The number of nitrogens with two attached hydrogens (primary N) is 1. The number of fused-ring (bicyclic) bond motifs is 1. The first-order valence-electron chi connectivity index (χ1n) is 11.3. The van der Waals surface area contributed by atoms with Crippen molar-refractivity contribution in [3.63, 3.8) is 0 Å². The molecule has 2 fully saturated rings. The summed E-state index contributed by atoms with van der Waals surface area (Å²) in [4.78, 5) is 30.9. The van der Waals surface area contributed by atoms with E-state index in [4.69, 9.17) is 10.2 Å². The highest BCUT2D eigenvalue weighted by Gasteiger charge is 2.39. The van der Waals surface area contributed by atoms with Crippen molar-refractivity contribution in [2.24, 2.45) is 5.92 Å². The van der Waals surface area contributed by atoms with Crippen LogP contribution < -0.4 is 11.1 Å². The van der Waals surface area contributed by atoms with Crippen molar-refractivity contribution in [1.29, 1.82) is 0 Å². The molecule has 170 valence electrons. The first kappa shape index (κ1) is 20.7. The summed E-state index contributed by atoms with van der Waals surface area (Å²) in [7, 11) is 0. The summed E-state index contributed by atoms with van der Waals surface area (Å²) in [6, 6.07) is 3.17. The summed E-state index contributed by atoms with van der Waals surface area (Å²) in [5, 5.41) is 7.56. The molecule has 11 nitrogen and oxygen atoms in total. The number of hydrogen-bond acceptors (Lipinski definition) is 9. The Kier molecular flexibility index (Phi) is 5.64. The second-order valence-corrected chi connectivity index (χ2v) is 8.51. The Labute approximate surface area is 186 Å². The molecular formula is C21H29N9O2. The molecule has 0 spiro atoms. The summed E-state index contributed by atoms with van der Waals surface area (Å²) in [5.41, 5.74) is 6.10. The molecule has 3 aromatic heterocycles. The van der Waals surface area contributed by atoms with Crippen LogP contribution in [0, 0.1) is 5.92 Å². The highest BCUT2D eigenvalue weighted by Crippen LogP contribution is 2.35. The molecule has 0 radical (unpaired) electrons. The number of nitrogen functional groups attached to an aromatic ring is 1. The summed E-state index contributed by atoms with van der Waals surface area (Å²) in [6.07, 6.45) is 5.98. The van der Waals surface area contributed by atoms with E-state index in [1.165, 1.54) is 17.4 Å². The van der Waals surface area contributed by atoms with Gasteiger partial charge in [-0.15, -0.1) is 5.10 Å². The van der Waals surface area contributed by atoms with Crippen molar-refractivity contribution in [2.75, 3.05) is 43.8 Å². The van der Waals surface area contributed by atoms with Crippen LogP contribution in [0.4, 0.5) is 11.9 Å². The molecule has 0 unspecified atom stereocenters. The molecule has 0 aromatic carbocycles. The van der Waals surface area contributed by atoms with Gasteiger partial charge in [-0.25, -0.2) is 0 Å². The number of rotatable bonds is 8. The summed E-state index contributed by atoms with van der Waals surface area (Å²) in [6.45, 7) is 6.67. The molecule has 1 saturated carbocycles. The van der Waals surface area contributed by atoms with Crippen molar-refractivity contribution >= 4 is 23.6 Å². The topological polar surface area (TPSA) is 131 Å². The molecule has 1 saturated heterocycles. The molecule has 1 aliphatic carbocycles. The third-order valence-corrected chi connectivity index (χ3v) is 6.13. The Hall–Kier alpha value is -3.21. The van der Waals surface area contributed by atoms with Crippen LogP contribution >= 0.6 is 0 Å². The van der Waals surface area contributed by atoms with E-state index in [-0.39, 0.29) is 17.9 Å². The van der Waals surface area contributed by atoms with E-state index in [1.54, 1.807) is 18.4 Å². The normalized spacial score (nSPS) is 18.2. The molecule has 5 rings (SSSR count). The smallest absolute Gasteiger partial charge is 0.259 e. The van der Waals surface area contributed by atoms with Crippen LogP contribution in [0.3, 0.4) is 0 Å². The van der Waals surface area contributed by atoms with Crippen molar-refractivity contribution in [1.82, 2.24) is 34.4 Å². The maximum atomic E-state index is 13.3. The van der Waals surface area contributed by atoms with Crippen molar-refractivity contribution in [3.8, 4) is 11.6 Å². The number of hydrogen-bond donors (Lipinski definition) is 2. The molecule has 0 bridgehead atoms. The lowest BCUT2D eigenvalue weighted by molar-refractivity contribution is -0.134. The van der Waals surface area contributed by atoms with Gasteiger partial charge in [-0.1, -0.05) is 13.3 Å². The van der Waals surface area contributed by atoms with E-state index in [1.807, 2.05) is 4.90 Å². The van der Waals surface area contributed by atoms with Gasteiger partial charge in [-0.3, -0.25) is 9.69 Å². The number of piperazine rings is 1. The van der Waals surface area contributed by atoms with Gasteiger partial charge < -0.3 is 20.4 Å².